The lowest BCUT2D eigenvalue weighted by Gasteiger charge is -2.29. The van der Waals surface area contributed by atoms with Gasteiger partial charge in [0, 0.05) is 44.5 Å². The summed E-state index contributed by atoms with van der Waals surface area (Å²) in [5, 5.41) is 2.63. The summed E-state index contributed by atoms with van der Waals surface area (Å²) in [6.07, 6.45) is 1.10. The van der Waals surface area contributed by atoms with Gasteiger partial charge < -0.3 is 15.1 Å². The van der Waals surface area contributed by atoms with Gasteiger partial charge in [0.2, 0.25) is 11.8 Å². The smallest absolute Gasteiger partial charge is 0.261 e. The second kappa shape index (κ2) is 6.31. The van der Waals surface area contributed by atoms with Crippen molar-refractivity contribution in [2.45, 2.75) is 26.3 Å². The first-order valence-electron chi connectivity index (χ1n) is 7.93. The van der Waals surface area contributed by atoms with E-state index in [1.165, 1.54) is 16.2 Å². The SMILES string of the molecule is CCN1C[C@H](C(=O)N2CCc3sc(C(=O)NC)cc3C2)CC1=O. The predicted molar refractivity (Wildman–Crippen MR) is 87.2 cm³/mol. The normalized spacial score (nSPS) is 20.6. The van der Waals surface area contributed by atoms with Crippen molar-refractivity contribution in [1.29, 1.82) is 0 Å². The Bertz CT molecular complexity index is 655. The highest BCUT2D eigenvalue weighted by Gasteiger charge is 2.36. The molecule has 0 radical (unpaired) electrons. The van der Waals surface area contributed by atoms with Crippen LogP contribution in [0.3, 0.4) is 0 Å². The second-order valence-electron chi connectivity index (χ2n) is 5.98. The van der Waals surface area contributed by atoms with E-state index in [2.05, 4.69) is 5.32 Å². The van der Waals surface area contributed by atoms with Crippen molar-refractivity contribution in [3.63, 3.8) is 0 Å². The monoisotopic (exact) mass is 335 g/mol. The van der Waals surface area contributed by atoms with Crippen LogP contribution in [-0.2, 0) is 22.6 Å². The zero-order valence-electron chi connectivity index (χ0n) is 13.4. The van der Waals surface area contributed by atoms with E-state index < -0.39 is 0 Å². The number of carbonyl (C=O) groups is 3. The van der Waals surface area contributed by atoms with Crippen molar-refractivity contribution in [3.8, 4) is 0 Å². The van der Waals surface area contributed by atoms with E-state index in [1.807, 2.05) is 17.9 Å². The molecule has 0 bridgehead atoms. The minimum Gasteiger partial charge on any atom is -0.354 e. The minimum absolute atomic E-state index is 0.0626. The summed E-state index contributed by atoms with van der Waals surface area (Å²) in [4.78, 5) is 41.7. The van der Waals surface area contributed by atoms with E-state index in [-0.39, 0.29) is 23.6 Å². The third kappa shape index (κ3) is 2.97. The molecule has 23 heavy (non-hydrogen) atoms. The zero-order valence-corrected chi connectivity index (χ0v) is 14.2. The number of carbonyl (C=O) groups excluding carboxylic acids is 3. The van der Waals surface area contributed by atoms with Crippen LogP contribution >= 0.6 is 11.3 Å². The van der Waals surface area contributed by atoms with E-state index in [0.717, 1.165) is 12.0 Å². The lowest BCUT2D eigenvalue weighted by atomic mass is 10.0. The third-order valence-electron chi connectivity index (χ3n) is 4.57. The first-order chi connectivity index (χ1) is 11.0. The van der Waals surface area contributed by atoms with E-state index in [4.69, 9.17) is 0 Å². The Hall–Kier alpha value is -1.89. The molecule has 1 atom stereocenters. The van der Waals surface area contributed by atoms with Crippen molar-refractivity contribution in [1.82, 2.24) is 15.1 Å². The van der Waals surface area contributed by atoms with Crippen LogP contribution in [0, 0.1) is 5.92 Å². The van der Waals surface area contributed by atoms with Crippen LogP contribution in [0.15, 0.2) is 6.07 Å². The molecule has 3 heterocycles. The molecule has 1 N–H and O–H groups in total. The average molecular weight is 335 g/mol. The van der Waals surface area contributed by atoms with Gasteiger partial charge >= 0.3 is 0 Å². The molecule has 0 saturated carbocycles. The topological polar surface area (TPSA) is 69.7 Å². The van der Waals surface area contributed by atoms with E-state index in [0.29, 0.717) is 37.5 Å². The summed E-state index contributed by atoms with van der Waals surface area (Å²) < 4.78 is 0. The molecule has 6 nitrogen and oxygen atoms in total. The Morgan fingerprint density at radius 1 is 1.43 bits per heavy atom. The summed E-state index contributed by atoms with van der Waals surface area (Å²) in [7, 11) is 1.62. The number of amides is 3. The summed E-state index contributed by atoms with van der Waals surface area (Å²) in [5.41, 5.74) is 1.06. The standard InChI is InChI=1S/C16H21N3O3S/c1-3-18-9-11(7-14(18)20)16(22)19-5-4-12-10(8-19)6-13(23-12)15(21)17-2/h6,11H,3-5,7-9H2,1-2H3,(H,17,21)/t11-/m1/s1. The van der Waals surface area contributed by atoms with Crippen LogP contribution < -0.4 is 5.32 Å². The number of hydrogen-bond acceptors (Lipinski definition) is 4. The van der Waals surface area contributed by atoms with Gasteiger partial charge in [0.15, 0.2) is 0 Å². The molecule has 1 aromatic rings. The molecule has 3 amide bonds. The van der Waals surface area contributed by atoms with Crippen LogP contribution in [0.4, 0.5) is 0 Å². The first kappa shape index (κ1) is 16.0. The molecule has 0 aromatic carbocycles. The Balaban J connectivity index is 1.69. The van der Waals surface area contributed by atoms with E-state index in [9.17, 15) is 14.4 Å². The molecule has 7 heteroatoms. The molecule has 2 aliphatic rings. The number of rotatable bonds is 3. The molecule has 0 aliphatic carbocycles. The fourth-order valence-corrected chi connectivity index (χ4v) is 4.37. The van der Waals surface area contributed by atoms with Gasteiger partial charge in [0.1, 0.15) is 0 Å². The molecular weight excluding hydrogens is 314 g/mol. The van der Waals surface area contributed by atoms with Gasteiger partial charge in [-0.1, -0.05) is 0 Å². The Kier molecular flexibility index (Phi) is 4.39. The van der Waals surface area contributed by atoms with Crippen LogP contribution in [-0.4, -0.2) is 54.2 Å². The van der Waals surface area contributed by atoms with E-state index in [1.54, 1.807) is 11.9 Å². The van der Waals surface area contributed by atoms with Gasteiger partial charge in [-0.2, -0.15) is 0 Å². The predicted octanol–water partition coefficient (Wildman–Crippen LogP) is 0.861. The Morgan fingerprint density at radius 3 is 2.87 bits per heavy atom. The number of likely N-dealkylation sites (tertiary alicyclic amines) is 1. The van der Waals surface area contributed by atoms with Gasteiger partial charge in [-0.15, -0.1) is 11.3 Å². The molecule has 1 aromatic heterocycles. The number of hydrogen-bond donors (Lipinski definition) is 1. The first-order valence-corrected chi connectivity index (χ1v) is 8.75. The lowest BCUT2D eigenvalue weighted by Crippen LogP contribution is -2.40. The minimum atomic E-state index is -0.221. The number of thiophene rings is 1. The highest BCUT2D eigenvalue weighted by molar-refractivity contribution is 7.14. The van der Waals surface area contributed by atoms with Crippen LogP contribution in [0.5, 0.6) is 0 Å². The Labute approximate surface area is 139 Å². The van der Waals surface area contributed by atoms with Gasteiger partial charge in [0.25, 0.3) is 5.91 Å². The second-order valence-corrected chi connectivity index (χ2v) is 7.12. The molecule has 0 unspecified atom stereocenters. The lowest BCUT2D eigenvalue weighted by molar-refractivity contribution is -0.136. The maximum Gasteiger partial charge on any atom is 0.261 e. The summed E-state index contributed by atoms with van der Waals surface area (Å²) in [6.45, 7) is 4.33. The summed E-state index contributed by atoms with van der Waals surface area (Å²) in [6, 6.07) is 1.89. The molecule has 3 rings (SSSR count). The van der Waals surface area contributed by atoms with Gasteiger partial charge in [-0.05, 0) is 25.0 Å². The van der Waals surface area contributed by atoms with Crippen LogP contribution in [0.25, 0.3) is 0 Å². The quantitative estimate of drug-likeness (QED) is 0.891. The average Bonchev–Trinajstić information content (AvgIpc) is 3.15. The molecular formula is C16H21N3O3S. The number of nitrogens with one attached hydrogen (secondary N) is 1. The Morgan fingerprint density at radius 2 is 2.22 bits per heavy atom. The largest absolute Gasteiger partial charge is 0.354 e. The molecule has 1 fully saturated rings. The third-order valence-corrected chi connectivity index (χ3v) is 5.81. The molecule has 0 spiro atoms. The number of fused-ring (bicyclic) bond motifs is 1. The number of nitrogens with zero attached hydrogens (tertiary/aromatic N) is 2. The van der Waals surface area contributed by atoms with Crippen LogP contribution in [0.2, 0.25) is 0 Å². The fourth-order valence-electron chi connectivity index (χ4n) is 3.26. The van der Waals surface area contributed by atoms with Crippen molar-refractivity contribution in [3.05, 3.63) is 21.4 Å². The summed E-state index contributed by atoms with van der Waals surface area (Å²) in [5.74, 6) is -0.170. The maximum absolute atomic E-state index is 12.7. The molecule has 2 aliphatic heterocycles. The van der Waals surface area contributed by atoms with Crippen LogP contribution in [0.1, 0.15) is 33.5 Å². The summed E-state index contributed by atoms with van der Waals surface area (Å²) >= 11 is 1.51. The van der Waals surface area contributed by atoms with Gasteiger partial charge in [-0.3, -0.25) is 14.4 Å². The van der Waals surface area contributed by atoms with Crippen molar-refractivity contribution in [2.24, 2.45) is 5.92 Å². The van der Waals surface area contributed by atoms with E-state index >= 15 is 0 Å². The van der Waals surface area contributed by atoms with Crippen molar-refractivity contribution < 1.29 is 14.4 Å². The van der Waals surface area contributed by atoms with Crippen molar-refractivity contribution in [2.75, 3.05) is 26.7 Å². The molecule has 1 saturated heterocycles. The highest BCUT2D eigenvalue weighted by atomic mass is 32.1. The zero-order chi connectivity index (χ0) is 16.6. The highest BCUT2D eigenvalue weighted by Crippen LogP contribution is 2.30. The van der Waals surface area contributed by atoms with Gasteiger partial charge in [0.05, 0.1) is 10.8 Å². The van der Waals surface area contributed by atoms with Crippen molar-refractivity contribution >= 4 is 29.1 Å². The molecule has 124 valence electrons. The fraction of sp³-hybridized carbons (Fsp3) is 0.562. The van der Waals surface area contributed by atoms with Gasteiger partial charge in [-0.25, -0.2) is 0 Å². The maximum atomic E-state index is 12.7.